The van der Waals surface area contributed by atoms with Crippen LogP contribution in [-0.2, 0) is 6.54 Å². The van der Waals surface area contributed by atoms with Gasteiger partial charge in [0.2, 0.25) is 0 Å². The number of nitrogen functional groups attached to an aromatic ring is 1. The number of nitrogens with two attached hydrogens (primary N) is 1. The van der Waals surface area contributed by atoms with Crippen LogP contribution in [0.25, 0.3) is 0 Å². The predicted molar refractivity (Wildman–Crippen MR) is 87.6 cm³/mol. The number of halogens is 1. The number of hydrogen-bond acceptors (Lipinski definition) is 3. The molecule has 4 nitrogen and oxygen atoms in total. The van der Waals surface area contributed by atoms with Crippen molar-refractivity contribution in [2.24, 2.45) is 0 Å². The molecule has 0 saturated heterocycles. The van der Waals surface area contributed by atoms with Crippen molar-refractivity contribution in [1.82, 2.24) is 9.47 Å². The van der Waals surface area contributed by atoms with E-state index in [4.69, 9.17) is 17.3 Å². The normalized spacial score (nSPS) is 12.6. The summed E-state index contributed by atoms with van der Waals surface area (Å²) >= 11 is 6.03. The molecule has 1 unspecified atom stereocenters. The van der Waals surface area contributed by atoms with Crippen LogP contribution in [0.1, 0.15) is 18.5 Å². The highest BCUT2D eigenvalue weighted by molar-refractivity contribution is 6.30. The summed E-state index contributed by atoms with van der Waals surface area (Å²) in [4.78, 5) is 13.9. The zero-order valence-corrected chi connectivity index (χ0v) is 13.0. The highest BCUT2D eigenvalue weighted by Crippen LogP contribution is 2.21. The predicted octanol–water partition coefficient (Wildman–Crippen LogP) is 2.78. The van der Waals surface area contributed by atoms with Crippen LogP contribution >= 0.6 is 11.6 Å². The second kappa shape index (κ2) is 6.78. The largest absolute Gasteiger partial charge is 0.398 e. The fourth-order valence-corrected chi connectivity index (χ4v) is 2.40. The summed E-state index contributed by atoms with van der Waals surface area (Å²) in [6, 6.07) is 11.2. The molecule has 5 heteroatoms. The number of hydrogen-bond donors (Lipinski definition) is 1. The molecule has 0 aliphatic carbocycles. The molecule has 0 amide bonds. The molecule has 0 spiro atoms. The first-order chi connectivity index (χ1) is 9.97. The van der Waals surface area contributed by atoms with Crippen molar-refractivity contribution in [2.45, 2.75) is 19.5 Å². The van der Waals surface area contributed by atoms with E-state index < -0.39 is 0 Å². The van der Waals surface area contributed by atoms with Gasteiger partial charge in [0, 0.05) is 42.1 Å². The summed E-state index contributed by atoms with van der Waals surface area (Å²) in [5.41, 5.74) is 7.43. The maximum Gasteiger partial charge on any atom is 0.250 e. The number of likely N-dealkylation sites (N-methyl/N-ethyl adjacent to an activating group) is 1. The van der Waals surface area contributed by atoms with E-state index in [0.29, 0.717) is 12.2 Å². The summed E-state index contributed by atoms with van der Waals surface area (Å²) in [5, 5.41) is 0.736. The van der Waals surface area contributed by atoms with Crippen LogP contribution in [0.3, 0.4) is 0 Å². The van der Waals surface area contributed by atoms with Gasteiger partial charge in [-0.25, -0.2) is 0 Å². The molecular weight excluding hydrogens is 286 g/mol. The Bertz CT molecular complexity index is 669. The highest BCUT2D eigenvalue weighted by atomic mass is 35.5. The highest BCUT2D eigenvalue weighted by Gasteiger charge is 2.12. The molecule has 0 fully saturated rings. The first-order valence-electron chi connectivity index (χ1n) is 6.89. The average Bonchev–Trinajstić information content (AvgIpc) is 2.47. The molecule has 0 bridgehead atoms. The second-order valence-electron chi connectivity index (χ2n) is 5.21. The Balaban J connectivity index is 2.03. The van der Waals surface area contributed by atoms with E-state index in [1.54, 1.807) is 16.8 Å². The van der Waals surface area contributed by atoms with Gasteiger partial charge >= 0.3 is 0 Å². The number of rotatable bonds is 5. The Morgan fingerprint density at radius 2 is 2.10 bits per heavy atom. The maximum atomic E-state index is 11.7. The quantitative estimate of drug-likeness (QED) is 0.924. The zero-order valence-electron chi connectivity index (χ0n) is 12.3. The standard InChI is InChI=1S/C16H20ClN3O/c1-12(13-4-3-5-14(17)10-13)19(2)8-9-20-11-15(18)6-7-16(20)21/h3-7,10-12H,8-9,18H2,1-2H3. The molecule has 2 N–H and O–H groups in total. The third-order valence-electron chi connectivity index (χ3n) is 3.69. The third kappa shape index (κ3) is 4.09. The Hall–Kier alpha value is -1.78. The molecular formula is C16H20ClN3O. The lowest BCUT2D eigenvalue weighted by atomic mass is 10.1. The summed E-state index contributed by atoms with van der Waals surface area (Å²) < 4.78 is 1.64. The SMILES string of the molecule is CC(c1cccc(Cl)c1)N(C)CCn1cc(N)ccc1=O. The number of anilines is 1. The Kier molecular flexibility index (Phi) is 5.04. The van der Waals surface area contributed by atoms with Gasteiger partial charge in [0.15, 0.2) is 0 Å². The van der Waals surface area contributed by atoms with Gasteiger partial charge in [0.1, 0.15) is 0 Å². The molecule has 2 aromatic rings. The van der Waals surface area contributed by atoms with Crippen molar-refractivity contribution in [3.8, 4) is 0 Å². The van der Waals surface area contributed by atoms with Crippen LogP contribution in [0.15, 0.2) is 47.4 Å². The molecule has 2 rings (SSSR count). The number of pyridine rings is 1. The fraction of sp³-hybridized carbons (Fsp3) is 0.312. The molecule has 1 heterocycles. The summed E-state index contributed by atoms with van der Waals surface area (Å²) in [6.45, 7) is 3.47. The van der Waals surface area contributed by atoms with E-state index in [1.165, 1.54) is 6.07 Å². The number of aromatic nitrogens is 1. The third-order valence-corrected chi connectivity index (χ3v) is 3.93. The van der Waals surface area contributed by atoms with Crippen LogP contribution in [-0.4, -0.2) is 23.1 Å². The minimum Gasteiger partial charge on any atom is -0.398 e. The first kappa shape index (κ1) is 15.6. The molecule has 0 aliphatic heterocycles. The maximum absolute atomic E-state index is 11.7. The van der Waals surface area contributed by atoms with Crippen LogP contribution in [0.4, 0.5) is 5.69 Å². The lowest BCUT2D eigenvalue weighted by Crippen LogP contribution is -2.30. The molecule has 1 aromatic carbocycles. The summed E-state index contributed by atoms with van der Waals surface area (Å²) in [5.74, 6) is 0. The first-order valence-corrected chi connectivity index (χ1v) is 7.27. The van der Waals surface area contributed by atoms with Gasteiger partial charge in [-0.2, -0.15) is 0 Å². The smallest absolute Gasteiger partial charge is 0.250 e. The van der Waals surface area contributed by atoms with Crippen molar-refractivity contribution < 1.29 is 0 Å². The zero-order chi connectivity index (χ0) is 15.4. The molecule has 21 heavy (non-hydrogen) atoms. The van der Waals surface area contributed by atoms with Crippen molar-refractivity contribution in [3.05, 3.63) is 63.5 Å². The summed E-state index contributed by atoms with van der Waals surface area (Å²) in [7, 11) is 2.03. The van der Waals surface area contributed by atoms with Crippen LogP contribution < -0.4 is 11.3 Å². The lowest BCUT2D eigenvalue weighted by Gasteiger charge is -2.25. The van der Waals surface area contributed by atoms with E-state index in [0.717, 1.165) is 17.1 Å². The van der Waals surface area contributed by atoms with E-state index in [2.05, 4.69) is 17.9 Å². The lowest BCUT2D eigenvalue weighted by molar-refractivity contribution is 0.250. The topological polar surface area (TPSA) is 51.3 Å². The van der Waals surface area contributed by atoms with Gasteiger partial charge in [-0.05, 0) is 37.7 Å². The van der Waals surface area contributed by atoms with Crippen molar-refractivity contribution in [2.75, 3.05) is 19.3 Å². The molecule has 1 aromatic heterocycles. The number of nitrogens with zero attached hydrogens (tertiary/aromatic N) is 2. The molecule has 112 valence electrons. The Morgan fingerprint density at radius 3 is 2.81 bits per heavy atom. The summed E-state index contributed by atoms with van der Waals surface area (Å²) in [6.07, 6.45) is 1.68. The van der Waals surface area contributed by atoms with Crippen molar-refractivity contribution >= 4 is 17.3 Å². The average molecular weight is 306 g/mol. The van der Waals surface area contributed by atoms with Gasteiger partial charge in [0.05, 0.1) is 0 Å². The molecule has 0 saturated carbocycles. The van der Waals surface area contributed by atoms with Crippen LogP contribution in [0.5, 0.6) is 0 Å². The molecule has 1 atom stereocenters. The monoisotopic (exact) mass is 305 g/mol. The second-order valence-corrected chi connectivity index (χ2v) is 5.64. The van der Waals surface area contributed by atoms with Gasteiger partial charge in [-0.15, -0.1) is 0 Å². The van der Waals surface area contributed by atoms with Crippen LogP contribution in [0.2, 0.25) is 5.02 Å². The fourth-order valence-electron chi connectivity index (χ4n) is 2.20. The Morgan fingerprint density at radius 1 is 1.33 bits per heavy atom. The van der Waals surface area contributed by atoms with Crippen molar-refractivity contribution in [1.29, 1.82) is 0 Å². The van der Waals surface area contributed by atoms with Crippen molar-refractivity contribution in [3.63, 3.8) is 0 Å². The van der Waals surface area contributed by atoms with Gasteiger partial charge in [-0.3, -0.25) is 9.69 Å². The van der Waals surface area contributed by atoms with E-state index >= 15 is 0 Å². The minimum absolute atomic E-state index is 0.0343. The van der Waals surface area contributed by atoms with E-state index in [-0.39, 0.29) is 11.6 Å². The number of benzene rings is 1. The van der Waals surface area contributed by atoms with Gasteiger partial charge < -0.3 is 10.3 Å². The molecule has 0 radical (unpaired) electrons. The van der Waals surface area contributed by atoms with Crippen LogP contribution in [0, 0.1) is 0 Å². The van der Waals surface area contributed by atoms with Gasteiger partial charge in [-0.1, -0.05) is 23.7 Å². The van der Waals surface area contributed by atoms with Gasteiger partial charge in [0.25, 0.3) is 5.56 Å². The Labute approximate surface area is 129 Å². The van der Waals surface area contributed by atoms with E-state index in [9.17, 15) is 4.79 Å². The van der Waals surface area contributed by atoms with E-state index in [1.807, 2.05) is 25.2 Å². The minimum atomic E-state index is -0.0343. The molecule has 0 aliphatic rings.